The van der Waals surface area contributed by atoms with E-state index in [1.54, 1.807) is 77.8 Å². The van der Waals surface area contributed by atoms with Crippen LogP contribution in [-0.4, -0.2) is 90.0 Å². The SMILES string of the molecule is COc1ccc(Cl)cc1CN1CCN(C(=O)OC(C)(C)C)c2nnc(C(=O)CNC(=O)C3CCN(C(=O)OC(C)(C)C)CC3)cc21. The number of carbonyl (C=O) groups excluding carboxylic acids is 4. The van der Waals surface area contributed by atoms with Crippen LogP contribution >= 0.6 is 11.6 Å². The summed E-state index contributed by atoms with van der Waals surface area (Å²) in [6.07, 6.45) is -0.0616. The molecule has 1 fully saturated rings. The highest BCUT2D eigenvalue weighted by Crippen LogP contribution is 2.35. The largest absolute Gasteiger partial charge is 0.496 e. The van der Waals surface area contributed by atoms with Crippen molar-refractivity contribution >= 4 is 47.0 Å². The molecule has 0 radical (unpaired) electrons. The molecule has 0 aliphatic carbocycles. The maximum atomic E-state index is 13.3. The third-order valence-electron chi connectivity index (χ3n) is 7.39. The molecule has 0 spiro atoms. The van der Waals surface area contributed by atoms with Gasteiger partial charge in [0.25, 0.3) is 0 Å². The van der Waals surface area contributed by atoms with Gasteiger partial charge in [0.05, 0.1) is 19.3 Å². The second-order valence-electron chi connectivity index (χ2n) is 13.3. The van der Waals surface area contributed by atoms with Crippen LogP contribution in [0.25, 0.3) is 0 Å². The monoisotopic (exact) mass is 658 g/mol. The number of nitrogens with one attached hydrogen (secondary N) is 1. The average molecular weight is 659 g/mol. The van der Waals surface area contributed by atoms with Gasteiger partial charge in [0.2, 0.25) is 11.7 Å². The number of methoxy groups -OCH3 is 1. The molecule has 1 aromatic heterocycles. The summed E-state index contributed by atoms with van der Waals surface area (Å²) in [5.74, 6) is -0.164. The predicted molar refractivity (Wildman–Crippen MR) is 173 cm³/mol. The smallest absolute Gasteiger partial charge is 0.416 e. The topological polar surface area (TPSA) is 144 Å². The summed E-state index contributed by atoms with van der Waals surface area (Å²) in [5.41, 5.74) is 0.0158. The Labute approximate surface area is 274 Å². The van der Waals surface area contributed by atoms with E-state index in [-0.39, 0.29) is 36.4 Å². The molecule has 2 aromatic rings. The van der Waals surface area contributed by atoms with Crippen LogP contribution in [0.15, 0.2) is 24.3 Å². The number of fused-ring (bicyclic) bond motifs is 1. The summed E-state index contributed by atoms with van der Waals surface area (Å²) in [6, 6.07) is 6.89. The number of nitrogens with zero attached hydrogens (tertiary/aromatic N) is 5. The van der Waals surface area contributed by atoms with Crippen LogP contribution in [0.4, 0.5) is 21.1 Å². The quantitative estimate of drug-likeness (QED) is 0.410. The summed E-state index contributed by atoms with van der Waals surface area (Å²) in [7, 11) is 1.57. The highest BCUT2D eigenvalue weighted by atomic mass is 35.5. The third kappa shape index (κ3) is 8.99. The van der Waals surface area contributed by atoms with E-state index in [0.717, 1.165) is 5.56 Å². The van der Waals surface area contributed by atoms with Gasteiger partial charge >= 0.3 is 12.2 Å². The fraction of sp³-hybridized carbons (Fsp3) is 0.562. The van der Waals surface area contributed by atoms with E-state index < -0.39 is 29.2 Å². The molecule has 1 saturated heterocycles. The van der Waals surface area contributed by atoms with E-state index in [9.17, 15) is 19.2 Å². The molecule has 1 N–H and O–H groups in total. The number of rotatable bonds is 7. The Morgan fingerprint density at radius 2 is 1.57 bits per heavy atom. The van der Waals surface area contributed by atoms with Gasteiger partial charge in [0.15, 0.2) is 5.82 Å². The molecule has 250 valence electrons. The third-order valence-corrected chi connectivity index (χ3v) is 7.62. The molecule has 1 aromatic carbocycles. The summed E-state index contributed by atoms with van der Waals surface area (Å²) in [6.45, 7) is 12.3. The number of hydrogen-bond acceptors (Lipinski definition) is 10. The Bertz CT molecular complexity index is 1460. The first-order chi connectivity index (χ1) is 21.5. The molecule has 0 atom stereocenters. The van der Waals surface area contributed by atoms with Gasteiger partial charge < -0.3 is 29.3 Å². The number of ketones is 1. The van der Waals surface area contributed by atoms with Crippen molar-refractivity contribution in [2.75, 3.05) is 49.6 Å². The highest BCUT2D eigenvalue weighted by Gasteiger charge is 2.34. The summed E-state index contributed by atoms with van der Waals surface area (Å²) in [4.78, 5) is 56.6. The van der Waals surface area contributed by atoms with E-state index in [4.69, 9.17) is 25.8 Å². The Morgan fingerprint density at radius 3 is 2.20 bits per heavy atom. The number of carbonyl (C=O) groups is 4. The van der Waals surface area contributed by atoms with Gasteiger partial charge in [-0.25, -0.2) is 9.59 Å². The lowest BCUT2D eigenvalue weighted by Crippen LogP contribution is -2.46. The van der Waals surface area contributed by atoms with E-state index in [2.05, 4.69) is 15.5 Å². The lowest BCUT2D eigenvalue weighted by Gasteiger charge is -2.37. The molecule has 2 aliphatic rings. The van der Waals surface area contributed by atoms with Gasteiger partial charge in [-0.15, -0.1) is 10.2 Å². The number of aromatic nitrogens is 2. The minimum absolute atomic E-state index is 0.0351. The molecule has 4 rings (SSSR count). The Morgan fingerprint density at radius 1 is 0.913 bits per heavy atom. The number of ether oxygens (including phenoxy) is 3. The van der Waals surface area contributed by atoms with Crippen molar-refractivity contribution in [3.05, 3.63) is 40.5 Å². The number of piperidine rings is 1. The molecule has 14 heteroatoms. The summed E-state index contributed by atoms with van der Waals surface area (Å²) in [5, 5.41) is 11.7. The first kappa shape index (κ1) is 34.7. The number of likely N-dealkylation sites (tertiary alicyclic amines) is 1. The van der Waals surface area contributed by atoms with Gasteiger partial charge in [-0.05, 0) is 78.6 Å². The molecule has 0 unspecified atom stereocenters. The van der Waals surface area contributed by atoms with Gasteiger partial charge in [-0.3, -0.25) is 14.5 Å². The molecule has 0 saturated carbocycles. The molecule has 3 amide bonds. The van der Waals surface area contributed by atoms with E-state index in [0.29, 0.717) is 55.5 Å². The summed E-state index contributed by atoms with van der Waals surface area (Å²) >= 11 is 6.28. The van der Waals surface area contributed by atoms with Crippen molar-refractivity contribution in [1.82, 2.24) is 20.4 Å². The van der Waals surface area contributed by atoms with Gasteiger partial charge in [0.1, 0.15) is 22.6 Å². The summed E-state index contributed by atoms with van der Waals surface area (Å²) < 4.78 is 16.6. The molecule has 3 heterocycles. The Hall–Kier alpha value is -4.13. The van der Waals surface area contributed by atoms with Crippen molar-refractivity contribution in [3.63, 3.8) is 0 Å². The first-order valence-corrected chi connectivity index (χ1v) is 15.7. The van der Waals surface area contributed by atoms with Crippen molar-refractivity contribution in [1.29, 1.82) is 0 Å². The van der Waals surface area contributed by atoms with Gasteiger partial charge in [-0.2, -0.15) is 0 Å². The maximum Gasteiger partial charge on any atom is 0.416 e. The lowest BCUT2D eigenvalue weighted by molar-refractivity contribution is -0.126. The lowest BCUT2D eigenvalue weighted by atomic mass is 9.96. The van der Waals surface area contributed by atoms with Gasteiger partial charge in [-0.1, -0.05) is 11.6 Å². The van der Waals surface area contributed by atoms with Crippen LogP contribution in [0, 0.1) is 5.92 Å². The highest BCUT2D eigenvalue weighted by molar-refractivity contribution is 6.30. The number of anilines is 2. The average Bonchev–Trinajstić information content (AvgIpc) is 2.98. The normalized spacial score (nSPS) is 15.6. The zero-order valence-electron chi connectivity index (χ0n) is 27.5. The van der Waals surface area contributed by atoms with Crippen LogP contribution in [0.2, 0.25) is 5.02 Å². The molecule has 46 heavy (non-hydrogen) atoms. The predicted octanol–water partition coefficient (Wildman–Crippen LogP) is 4.85. The molecular weight excluding hydrogens is 616 g/mol. The van der Waals surface area contributed by atoms with Crippen LogP contribution < -0.4 is 19.9 Å². The minimum Gasteiger partial charge on any atom is -0.496 e. The number of amides is 3. The van der Waals surface area contributed by atoms with E-state index >= 15 is 0 Å². The fourth-order valence-electron chi connectivity index (χ4n) is 5.17. The van der Waals surface area contributed by atoms with Crippen molar-refractivity contribution in [2.24, 2.45) is 5.92 Å². The van der Waals surface area contributed by atoms with Crippen LogP contribution in [0.5, 0.6) is 5.75 Å². The molecule has 13 nitrogen and oxygen atoms in total. The molecule has 0 bridgehead atoms. The second-order valence-corrected chi connectivity index (χ2v) is 13.8. The minimum atomic E-state index is -0.726. The maximum absolute atomic E-state index is 13.3. The van der Waals surface area contributed by atoms with Crippen LogP contribution in [0.3, 0.4) is 0 Å². The van der Waals surface area contributed by atoms with Crippen molar-refractivity contribution in [2.45, 2.75) is 72.1 Å². The van der Waals surface area contributed by atoms with Gasteiger partial charge in [0, 0.05) is 49.2 Å². The number of hydrogen-bond donors (Lipinski definition) is 1. The fourth-order valence-corrected chi connectivity index (χ4v) is 5.37. The van der Waals surface area contributed by atoms with E-state index in [1.165, 1.54) is 4.90 Å². The van der Waals surface area contributed by atoms with Crippen molar-refractivity contribution in [3.8, 4) is 5.75 Å². The van der Waals surface area contributed by atoms with Crippen LogP contribution in [-0.2, 0) is 20.8 Å². The number of benzene rings is 1. The standard InChI is InChI=1S/C32H43ClN6O7/c1-31(2,3)45-29(42)37-12-10-20(11-13-37)28(41)34-18-25(40)23-17-24-27(36-35-23)39(30(43)46-32(4,5)6)15-14-38(24)19-21-16-22(33)8-9-26(21)44-7/h8-9,16-17,20H,10-15,18-19H2,1-7H3,(H,34,41). The van der Waals surface area contributed by atoms with Crippen LogP contribution in [0.1, 0.15) is 70.4 Å². The Kier molecular flexibility index (Phi) is 10.7. The van der Waals surface area contributed by atoms with E-state index in [1.807, 2.05) is 4.90 Å². The molecular formula is C32H43ClN6O7. The Balaban J connectivity index is 1.48. The first-order valence-electron chi connectivity index (χ1n) is 15.3. The van der Waals surface area contributed by atoms with Crippen molar-refractivity contribution < 1.29 is 33.4 Å². The second kappa shape index (κ2) is 14.1. The zero-order chi connectivity index (χ0) is 33.8. The number of Topliss-reactive ketones (excluding diaryl/α,β-unsaturated/α-hetero) is 1. The molecule has 2 aliphatic heterocycles. The zero-order valence-corrected chi connectivity index (χ0v) is 28.3. The number of halogens is 1.